The maximum atomic E-state index is 17.6. The molecule has 0 aliphatic heterocycles. The average Bonchev–Trinajstić information content (AvgIpc) is 3.38. The Labute approximate surface area is 208 Å². The fraction of sp³-hybridized carbons (Fsp3) is 0.741. The monoisotopic (exact) mass is 508 g/mol. The Hall–Kier alpha value is -2.29. The predicted octanol–water partition coefficient (Wildman–Crippen LogP) is 4.33. The van der Waals surface area contributed by atoms with Gasteiger partial charge < -0.3 is 19.7 Å². The number of ether oxygens (including phenoxy) is 2. The van der Waals surface area contributed by atoms with Crippen molar-refractivity contribution in [2.24, 2.45) is 34.5 Å². The summed E-state index contributed by atoms with van der Waals surface area (Å²) in [7, 11) is 0. The van der Waals surface area contributed by atoms with E-state index >= 15 is 8.78 Å². The highest BCUT2D eigenvalue weighted by molar-refractivity contribution is 6.01. The van der Waals surface area contributed by atoms with Gasteiger partial charge in [0, 0.05) is 11.3 Å². The number of aliphatic hydroxyl groups is 1. The van der Waals surface area contributed by atoms with Crippen LogP contribution in [-0.2, 0) is 19.1 Å². The first-order valence-electron chi connectivity index (χ1n) is 12.9. The molecule has 0 amide bonds. The quantitative estimate of drug-likeness (QED) is 0.546. The molecule has 10 atom stereocenters. The van der Waals surface area contributed by atoms with Crippen LogP contribution < -0.4 is 0 Å². The predicted molar refractivity (Wildman–Crippen MR) is 123 cm³/mol. The number of aliphatic carboxylic acids is 1. The summed E-state index contributed by atoms with van der Waals surface area (Å²) < 4.78 is 44.9. The SMILES string of the molecule is C[C@@H]1C[C@H]2[C@@H]3C(OC(=O)OC4CCCC4)[C@H](F)C4=CC(=O)C=C[C@]4(C)[C@@]3(F)[C@@H](O)C[C@]2(C)[C@@H]1C(=O)O. The highest BCUT2D eigenvalue weighted by Gasteiger charge is 2.76. The Balaban J connectivity index is 1.61. The summed E-state index contributed by atoms with van der Waals surface area (Å²) in [6.07, 6.45) is -0.110. The third-order valence-corrected chi connectivity index (χ3v) is 10.1. The van der Waals surface area contributed by atoms with E-state index in [2.05, 4.69) is 0 Å². The number of aliphatic hydroxyl groups excluding tert-OH is 1. The van der Waals surface area contributed by atoms with Crippen molar-refractivity contribution in [3.8, 4) is 0 Å². The third-order valence-electron chi connectivity index (χ3n) is 10.1. The molecule has 0 radical (unpaired) electrons. The molecule has 0 spiro atoms. The number of carboxylic acids is 1. The number of carboxylic acid groups (broad SMARTS) is 1. The smallest absolute Gasteiger partial charge is 0.481 e. The van der Waals surface area contributed by atoms with Gasteiger partial charge in [0.1, 0.15) is 12.2 Å². The van der Waals surface area contributed by atoms with Crippen molar-refractivity contribution in [1.82, 2.24) is 0 Å². The van der Waals surface area contributed by atoms with Crippen LogP contribution in [-0.4, -0.2) is 58.3 Å². The van der Waals surface area contributed by atoms with Crippen LogP contribution >= 0.6 is 0 Å². The van der Waals surface area contributed by atoms with Gasteiger partial charge >= 0.3 is 12.1 Å². The Kier molecular flexibility index (Phi) is 5.89. The van der Waals surface area contributed by atoms with Crippen LogP contribution in [0.4, 0.5) is 13.6 Å². The third kappa shape index (κ3) is 3.33. The maximum absolute atomic E-state index is 17.6. The van der Waals surface area contributed by atoms with Gasteiger partial charge in [-0.25, -0.2) is 13.6 Å². The standard InChI is InChI=1S/C27H34F2O7/c1-13-10-16-20-22(36-24(34)35-15-6-4-5-7-15)21(28)17-11-14(30)8-9-26(17,3)27(20,29)18(31)12-25(16,2)19(13)23(32)33/h8-9,11,13,15-16,18-22,31H,4-7,10,12H2,1-3H3,(H,32,33)/t13-,16+,18+,19+,20-,21-,22?,25+,26+,27-/m1/s1. The Morgan fingerprint density at radius 2 is 1.83 bits per heavy atom. The second-order valence-corrected chi connectivity index (χ2v) is 12.0. The molecule has 0 heterocycles. The molecule has 9 heteroatoms. The van der Waals surface area contributed by atoms with E-state index in [0.29, 0.717) is 12.8 Å². The molecule has 0 aromatic heterocycles. The Morgan fingerprint density at radius 3 is 2.47 bits per heavy atom. The molecule has 0 bridgehead atoms. The summed E-state index contributed by atoms with van der Waals surface area (Å²) in [5, 5.41) is 21.4. The number of rotatable bonds is 3. The van der Waals surface area contributed by atoms with Crippen LogP contribution in [0.5, 0.6) is 0 Å². The van der Waals surface area contributed by atoms with Crippen molar-refractivity contribution in [1.29, 1.82) is 0 Å². The first-order chi connectivity index (χ1) is 16.8. The lowest BCUT2D eigenvalue weighted by Crippen LogP contribution is -2.72. The van der Waals surface area contributed by atoms with Gasteiger partial charge in [0.05, 0.1) is 12.0 Å². The highest BCUT2D eigenvalue weighted by atomic mass is 19.1. The zero-order chi connectivity index (χ0) is 26.2. The van der Waals surface area contributed by atoms with Crippen LogP contribution in [0.25, 0.3) is 0 Å². The first kappa shape index (κ1) is 25.4. The molecule has 5 rings (SSSR count). The molecule has 5 aliphatic rings. The molecule has 4 saturated carbocycles. The number of halogens is 2. The van der Waals surface area contributed by atoms with E-state index in [1.807, 2.05) is 0 Å². The molecule has 5 aliphatic carbocycles. The van der Waals surface area contributed by atoms with Gasteiger partial charge in [-0.15, -0.1) is 0 Å². The van der Waals surface area contributed by atoms with Gasteiger partial charge in [0.25, 0.3) is 0 Å². The number of allylic oxidation sites excluding steroid dienone is 3. The van der Waals surface area contributed by atoms with Crippen LogP contribution in [0.15, 0.2) is 23.8 Å². The number of carbonyl (C=O) groups excluding carboxylic acids is 2. The van der Waals surface area contributed by atoms with Crippen molar-refractivity contribution in [3.63, 3.8) is 0 Å². The fourth-order valence-corrected chi connectivity index (χ4v) is 8.47. The molecule has 2 N–H and O–H groups in total. The topological polar surface area (TPSA) is 110 Å². The number of alkyl halides is 2. The van der Waals surface area contributed by atoms with Gasteiger partial charge in [-0.2, -0.15) is 0 Å². The molecule has 4 fully saturated rings. The Bertz CT molecular complexity index is 1040. The Morgan fingerprint density at radius 1 is 1.17 bits per heavy atom. The van der Waals surface area contributed by atoms with E-state index in [9.17, 15) is 24.6 Å². The van der Waals surface area contributed by atoms with Crippen molar-refractivity contribution in [2.75, 3.05) is 0 Å². The largest absolute Gasteiger partial charge is 0.508 e. The molecule has 0 aromatic rings. The van der Waals surface area contributed by atoms with Gasteiger partial charge in [-0.05, 0) is 80.4 Å². The van der Waals surface area contributed by atoms with Gasteiger partial charge in [0.2, 0.25) is 0 Å². The number of hydrogen-bond donors (Lipinski definition) is 2. The first-order valence-corrected chi connectivity index (χ1v) is 12.9. The molecule has 1 unspecified atom stereocenters. The fourth-order valence-electron chi connectivity index (χ4n) is 8.47. The minimum Gasteiger partial charge on any atom is -0.481 e. The van der Waals surface area contributed by atoms with E-state index in [-0.39, 0.29) is 30.4 Å². The van der Waals surface area contributed by atoms with Crippen molar-refractivity contribution in [3.05, 3.63) is 23.8 Å². The summed E-state index contributed by atoms with van der Waals surface area (Å²) in [6.45, 7) is 4.92. The number of hydrogen-bond acceptors (Lipinski definition) is 6. The second-order valence-electron chi connectivity index (χ2n) is 12.0. The number of fused-ring (bicyclic) bond motifs is 5. The van der Waals surface area contributed by atoms with Crippen LogP contribution in [0.1, 0.15) is 59.3 Å². The summed E-state index contributed by atoms with van der Waals surface area (Å²) in [5.41, 5.74) is -5.41. The molecule has 0 aromatic carbocycles. The van der Waals surface area contributed by atoms with Gasteiger partial charge in [-0.3, -0.25) is 9.59 Å². The minimum atomic E-state index is -2.51. The van der Waals surface area contributed by atoms with E-state index in [1.165, 1.54) is 19.1 Å². The number of carbonyl (C=O) groups is 3. The summed E-state index contributed by atoms with van der Waals surface area (Å²) in [6, 6.07) is 0. The molecule has 0 saturated heterocycles. The van der Waals surface area contributed by atoms with Gasteiger partial charge in [0.15, 0.2) is 17.6 Å². The summed E-state index contributed by atoms with van der Waals surface area (Å²) in [4.78, 5) is 37.2. The minimum absolute atomic E-state index is 0.146. The molecule has 7 nitrogen and oxygen atoms in total. The normalized spacial score (nSPS) is 48.0. The second kappa shape index (κ2) is 8.36. The van der Waals surface area contributed by atoms with Crippen molar-refractivity contribution in [2.45, 2.75) is 89.4 Å². The van der Waals surface area contributed by atoms with E-state index < -0.39 is 70.5 Å². The molecule has 36 heavy (non-hydrogen) atoms. The zero-order valence-electron chi connectivity index (χ0n) is 20.8. The average molecular weight is 509 g/mol. The van der Waals surface area contributed by atoms with Crippen LogP contribution in [0.2, 0.25) is 0 Å². The number of ketones is 1. The highest BCUT2D eigenvalue weighted by Crippen LogP contribution is 2.70. The lowest BCUT2D eigenvalue weighted by Gasteiger charge is -2.63. The van der Waals surface area contributed by atoms with E-state index in [1.54, 1.807) is 13.8 Å². The van der Waals surface area contributed by atoms with Gasteiger partial charge in [-0.1, -0.05) is 19.9 Å². The lowest BCUT2D eigenvalue weighted by molar-refractivity contribution is -0.236. The van der Waals surface area contributed by atoms with Crippen LogP contribution in [0.3, 0.4) is 0 Å². The van der Waals surface area contributed by atoms with E-state index in [0.717, 1.165) is 18.9 Å². The van der Waals surface area contributed by atoms with Crippen LogP contribution in [0, 0.1) is 34.5 Å². The maximum Gasteiger partial charge on any atom is 0.508 e. The molecular weight excluding hydrogens is 474 g/mol. The van der Waals surface area contributed by atoms with Crippen molar-refractivity contribution < 1.29 is 42.9 Å². The lowest BCUT2D eigenvalue weighted by atomic mass is 9.44. The summed E-state index contributed by atoms with van der Waals surface area (Å²) >= 11 is 0. The summed E-state index contributed by atoms with van der Waals surface area (Å²) in [5.74, 6) is -4.83. The molecule has 198 valence electrons. The van der Waals surface area contributed by atoms with Crippen molar-refractivity contribution >= 4 is 17.9 Å². The zero-order valence-corrected chi connectivity index (χ0v) is 20.8. The van der Waals surface area contributed by atoms with E-state index in [4.69, 9.17) is 9.47 Å². The molecular formula is C27H34F2O7.